The van der Waals surface area contributed by atoms with Gasteiger partial charge in [-0.15, -0.1) is 0 Å². The SMILES string of the molecule is CCOC(=O)C(=NO)C(=O)OCC. The number of ether oxygens (including phenoxy) is 2. The van der Waals surface area contributed by atoms with Gasteiger partial charge in [0.15, 0.2) is 0 Å². The molecule has 6 nitrogen and oxygen atoms in total. The van der Waals surface area contributed by atoms with Crippen LogP contribution in [0.5, 0.6) is 0 Å². The molecule has 0 unspecified atom stereocenters. The predicted molar refractivity (Wildman–Crippen MR) is 42.5 cm³/mol. The van der Waals surface area contributed by atoms with Gasteiger partial charge >= 0.3 is 11.9 Å². The first-order valence-electron chi connectivity index (χ1n) is 3.73. The average Bonchev–Trinajstić information content (AvgIpc) is 2.06. The maximum atomic E-state index is 10.9. The molecule has 0 aromatic carbocycles. The lowest BCUT2D eigenvalue weighted by Crippen LogP contribution is -2.28. The van der Waals surface area contributed by atoms with Gasteiger partial charge in [0.25, 0.3) is 5.71 Å². The third-order valence-corrected chi connectivity index (χ3v) is 1.04. The van der Waals surface area contributed by atoms with Crippen molar-refractivity contribution in [3.05, 3.63) is 0 Å². The van der Waals surface area contributed by atoms with E-state index in [2.05, 4.69) is 14.6 Å². The minimum absolute atomic E-state index is 0.0945. The third-order valence-electron chi connectivity index (χ3n) is 1.04. The van der Waals surface area contributed by atoms with E-state index in [0.717, 1.165) is 0 Å². The lowest BCUT2D eigenvalue weighted by atomic mass is 10.4. The summed E-state index contributed by atoms with van der Waals surface area (Å²) in [4.78, 5) is 21.8. The molecule has 0 fully saturated rings. The molecule has 0 saturated carbocycles. The van der Waals surface area contributed by atoms with Crippen LogP contribution in [0.4, 0.5) is 0 Å². The van der Waals surface area contributed by atoms with Crippen molar-refractivity contribution in [1.29, 1.82) is 0 Å². The maximum absolute atomic E-state index is 10.9. The number of hydrogen-bond acceptors (Lipinski definition) is 6. The van der Waals surface area contributed by atoms with Gasteiger partial charge in [0.05, 0.1) is 13.2 Å². The van der Waals surface area contributed by atoms with E-state index in [9.17, 15) is 9.59 Å². The zero-order chi connectivity index (χ0) is 10.3. The van der Waals surface area contributed by atoms with Crippen molar-refractivity contribution in [3.8, 4) is 0 Å². The number of rotatable bonds is 4. The summed E-state index contributed by atoms with van der Waals surface area (Å²) in [5, 5.41) is 10.8. The fourth-order valence-corrected chi connectivity index (χ4v) is 0.564. The number of nitrogens with zero attached hydrogens (tertiary/aromatic N) is 1. The number of carbonyl (C=O) groups excluding carboxylic acids is 2. The van der Waals surface area contributed by atoms with Crippen LogP contribution in [0.15, 0.2) is 5.16 Å². The fourth-order valence-electron chi connectivity index (χ4n) is 0.564. The average molecular weight is 189 g/mol. The third kappa shape index (κ3) is 3.55. The molecular weight excluding hydrogens is 178 g/mol. The van der Waals surface area contributed by atoms with Crippen molar-refractivity contribution in [1.82, 2.24) is 0 Å². The van der Waals surface area contributed by atoms with Gasteiger partial charge in [0.2, 0.25) is 0 Å². The second kappa shape index (κ2) is 5.99. The van der Waals surface area contributed by atoms with Crippen LogP contribution in [0.2, 0.25) is 0 Å². The van der Waals surface area contributed by atoms with Crippen molar-refractivity contribution in [3.63, 3.8) is 0 Å². The summed E-state index contributed by atoms with van der Waals surface area (Å²) in [6.45, 7) is 3.32. The molecule has 1 N–H and O–H groups in total. The van der Waals surface area contributed by atoms with E-state index in [1.807, 2.05) is 0 Å². The van der Waals surface area contributed by atoms with Gasteiger partial charge in [0.1, 0.15) is 0 Å². The number of carbonyl (C=O) groups is 2. The molecule has 0 aliphatic rings. The van der Waals surface area contributed by atoms with Gasteiger partial charge in [-0.1, -0.05) is 5.16 Å². The molecule has 0 amide bonds. The summed E-state index contributed by atoms with van der Waals surface area (Å²) in [6, 6.07) is 0. The number of esters is 2. The molecule has 0 rings (SSSR count). The van der Waals surface area contributed by atoms with E-state index in [1.165, 1.54) is 0 Å². The minimum Gasteiger partial charge on any atom is -0.461 e. The van der Waals surface area contributed by atoms with Gasteiger partial charge in [-0.3, -0.25) is 0 Å². The largest absolute Gasteiger partial charge is 0.461 e. The van der Waals surface area contributed by atoms with Gasteiger partial charge in [-0.05, 0) is 13.8 Å². The molecule has 0 spiro atoms. The number of oxime groups is 1. The highest BCUT2D eigenvalue weighted by molar-refractivity contribution is 6.62. The van der Waals surface area contributed by atoms with E-state index < -0.39 is 17.7 Å². The molecule has 0 atom stereocenters. The van der Waals surface area contributed by atoms with Crippen molar-refractivity contribution >= 4 is 17.7 Å². The molecule has 0 aromatic rings. The van der Waals surface area contributed by atoms with Crippen LogP contribution in [0.1, 0.15) is 13.8 Å². The van der Waals surface area contributed by atoms with E-state index in [1.54, 1.807) is 13.8 Å². The summed E-state index contributed by atoms with van der Waals surface area (Å²) in [5.74, 6) is -1.99. The van der Waals surface area contributed by atoms with Crippen LogP contribution in [-0.4, -0.2) is 36.1 Å². The first kappa shape index (κ1) is 11.4. The normalized spacial score (nSPS) is 8.77. The Morgan fingerprint density at radius 3 is 1.77 bits per heavy atom. The lowest BCUT2D eigenvalue weighted by molar-refractivity contribution is -0.140. The Balaban J connectivity index is 4.35. The van der Waals surface area contributed by atoms with Crippen molar-refractivity contribution in [2.24, 2.45) is 5.16 Å². The second-order valence-corrected chi connectivity index (χ2v) is 1.89. The highest BCUT2D eigenvalue weighted by Gasteiger charge is 2.23. The lowest BCUT2D eigenvalue weighted by Gasteiger charge is -2.02. The molecule has 0 bridgehead atoms. The van der Waals surface area contributed by atoms with Crippen LogP contribution >= 0.6 is 0 Å². The van der Waals surface area contributed by atoms with E-state index in [0.29, 0.717) is 0 Å². The van der Waals surface area contributed by atoms with Crippen molar-refractivity contribution in [2.75, 3.05) is 13.2 Å². The summed E-state index contributed by atoms with van der Waals surface area (Å²) >= 11 is 0. The Hall–Kier alpha value is -1.59. The van der Waals surface area contributed by atoms with Crippen LogP contribution in [0, 0.1) is 0 Å². The van der Waals surface area contributed by atoms with E-state index in [-0.39, 0.29) is 13.2 Å². The zero-order valence-corrected chi connectivity index (χ0v) is 7.44. The molecule has 0 aliphatic heterocycles. The fraction of sp³-hybridized carbons (Fsp3) is 0.571. The van der Waals surface area contributed by atoms with Crippen molar-refractivity contribution < 1.29 is 24.3 Å². The highest BCUT2D eigenvalue weighted by atomic mass is 16.6. The molecule has 13 heavy (non-hydrogen) atoms. The predicted octanol–water partition coefficient (Wildman–Crippen LogP) is -0.0572. The Morgan fingerprint density at radius 2 is 1.54 bits per heavy atom. The summed E-state index contributed by atoms with van der Waals surface area (Å²) in [7, 11) is 0. The Bertz CT molecular complexity index is 203. The zero-order valence-electron chi connectivity index (χ0n) is 7.44. The molecule has 0 saturated heterocycles. The second-order valence-electron chi connectivity index (χ2n) is 1.89. The summed E-state index contributed by atoms with van der Waals surface area (Å²) < 4.78 is 8.86. The monoisotopic (exact) mass is 189 g/mol. The molecule has 0 aliphatic carbocycles. The number of hydrogen-bond donors (Lipinski definition) is 1. The van der Waals surface area contributed by atoms with Crippen LogP contribution in [0.3, 0.4) is 0 Å². The topological polar surface area (TPSA) is 85.2 Å². The molecule has 0 heterocycles. The van der Waals surface area contributed by atoms with Gasteiger partial charge in [0, 0.05) is 0 Å². The minimum atomic E-state index is -0.997. The maximum Gasteiger partial charge on any atom is 0.368 e. The quantitative estimate of drug-likeness (QED) is 0.220. The molecule has 0 aromatic heterocycles. The highest BCUT2D eigenvalue weighted by Crippen LogP contribution is 1.89. The van der Waals surface area contributed by atoms with Gasteiger partial charge < -0.3 is 14.7 Å². The first-order valence-corrected chi connectivity index (χ1v) is 3.73. The van der Waals surface area contributed by atoms with Crippen LogP contribution < -0.4 is 0 Å². The summed E-state index contributed by atoms with van der Waals surface area (Å²) in [6.07, 6.45) is 0. The smallest absolute Gasteiger partial charge is 0.368 e. The molecular formula is C7H11NO5. The van der Waals surface area contributed by atoms with Crippen LogP contribution in [-0.2, 0) is 19.1 Å². The van der Waals surface area contributed by atoms with Crippen molar-refractivity contribution in [2.45, 2.75) is 13.8 Å². The van der Waals surface area contributed by atoms with E-state index >= 15 is 0 Å². The Labute approximate surface area is 75.1 Å². The van der Waals surface area contributed by atoms with Gasteiger partial charge in [-0.2, -0.15) is 0 Å². The van der Waals surface area contributed by atoms with E-state index in [4.69, 9.17) is 5.21 Å². The summed E-state index contributed by atoms with van der Waals surface area (Å²) in [5.41, 5.74) is -0.747. The Kier molecular flexibility index (Phi) is 5.25. The standard InChI is InChI=1S/C7H11NO5/c1-3-12-6(9)5(8-11)7(10)13-4-2/h11H,3-4H2,1-2H3. The Morgan fingerprint density at radius 1 is 1.15 bits per heavy atom. The first-order chi connectivity index (χ1) is 6.17. The molecule has 74 valence electrons. The molecule has 6 heteroatoms. The van der Waals surface area contributed by atoms with Crippen LogP contribution in [0.25, 0.3) is 0 Å². The molecule has 0 radical (unpaired) electrons. The van der Waals surface area contributed by atoms with Gasteiger partial charge in [-0.25, -0.2) is 9.59 Å².